The van der Waals surface area contributed by atoms with Crippen LogP contribution in [0.1, 0.15) is 24.8 Å². The van der Waals surface area contributed by atoms with Gasteiger partial charge in [-0.15, -0.1) is 0 Å². The first-order valence-corrected chi connectivity index (χ1v) is 8.33. The quantitative estimate of drug-likeness (QED) is 0.863. The van der Waals surface area contributed by atoms with Gasteiger partial charge in [-0.2, -0.15) is 0 Å². The number of hydrogen-bond donors (Lipinski definition) is 2. The maximum absolute atomic E-state index is 12.1. The number of sulfonamides is 1. The lowest BCUT2D eigenvalue weighted by Crippen LogP contribution is -2.33. The van der Waals surface area contributed by atoms with Crippen LogP contribution in [0.5, 0.6) is 0 Å². The molecule has 1 saturated heterocycles. The molecule has 5 heteroatoms. The number of benzene rings is 1. The fourth-order valence-corrected chi connectivity index (χ4v) is 3.42. The second kappa shape index (κ2) is 6.50. The van der Waals surface area contributed by atoms with Crippen molar-refractivity contribution in [2.45, 2.75) is 31.1 Å². The maximum Gasteiger partial charge on any atom is 0.240 e. The van der Waals surface area contributed by atoms with Crippen molar-refractivity contribution in [3.8, 4) is 0 Å². The van der Waals surface area contributed by atoms with E-state index in [4.69, 9.17) is 0 Å². The minimum Gasteiger partial charge on any atom is -0.316 e. The van der Waals surface area contributed by atoms with E-state index in [1.165, 1.54) is 12.8 Å². The maximum atomic E-state index is 12.1. The Hall–Kier alpha value is -0.910. The molecule has 1 aromatic rings. The molecule has 0 spiro atoms. The molecule has 0 saturated carbocycles. The third-order valence-electron chi connectivity index (χ3n) is 3.57. The van der Waals surface area contributed by atoms with Crippen molar-refractivity contribution in [1.82, 2.24) is 10.0 Å². The van der Waals surface area contributed by atoms with Crippen LogP contribution in [0.15, 0.2) is 29.2 Å². The van der Waals surface area contributed by atoms with Gasteiger partial charge in [0.2, 0.25) is 10.0 Å². The van der Waals surface area contributed by atoms with Gasteiger partial charge in [0.15, 0.2) is 0 Å². The van der Waals surface area contributed by atoms with Gasteiger partial charge in [0.05, 0.1) is 4.90 Å². The molecule has 2 rings (SSSR count). The Balaban J connectivity index is 1.85. The minimum atomic E-state index is -3.35. The van der Waals surface area contributed by atoms with Crippen LogP contribution in [0.2, 0.25) is 0 Å². The molecule has 19 heavy (non-hydrogen) atoms. The van der Waals surface area contributed by atoms with Gasteiger partial charge in [-0.25, -0.2) is 13.1 Å². The van der Waals surface area contributed by atoms with E-state index in [-0.39, 0.29) is 0 Å². The van der Waals surface area contributed by atoms with E-state index >= 15 is 0 Å². The van der Waals surface area contributed by atoms with Gasteiger partial charge in [0, 0.05) is 6.54 Å². The lowest BCUT2D eigenvalue weighted by atomic mass is 9.96. The highest BCUT2D eigenvalue weighted by Gasteiger charge is 2.16. The molecular weight excluding hydrogens is 260 g/mol. The van der Waals surface area contributed by atoms with Gasteiger partial charge in [-0.05, 0) is 57.3 Å². The Morgan fingerprint density at radius 2 is 2.05 bits per heavy atom. The molecule has 0 radical (unpaired) electrons. The molecule has 1 fully saturated rings. The van der Waals surface area contributed by atoms with Crippen molar-refractivity contribution in [1.29, 1.82) is 0 Å². The van der Waals surface area contributed by atoms with Crippen molar-refractivity contribution in [2.75, 3.05) is 19.6 Å². The normalized spacial score (nSPS) is 20.4. The van der Waals surface area contributed by atoms with E-state index in [2.05, 4.69) is 10.0 Å². The average molecular weight is 282 g/mol. The van der Waals surface area contributed by atoms with Crippen LogP contribution >= 0.6 is 0 Å². The molecule has 0 amide bonds. The number of nitrogens with one attached hydrogen (secondary N) is 2. The van der Waals surface area contributed by atoms with Gasteiger partial charge in [0.25, 0.3) is 0 Å². The Bertz CT molecular complexity index is 491. The van der Waals surface area contributed by atoms with Gasteiger partial charge in [-0.3, -0.25) is 0 Å². The Kier molecular flexibility index (Phi) is 4.96. The third kappa shape index (κ3) is 4.30. The first-order chi connectivity index (χ1) is 9.08. The number of rotatable bonds is 5. The van der Waals surface area contributed by atoms with Crippen molar-refractivity contribution >= 4 is 10.0 Å². The second-order valence-corrected chi connectivity index (χ2v) is 6.98. The van der Waals surface area contributed by atoms with Crippen LogP contribution < -0.4 is 10.0 Å². The van der Waals surface area contributed by atoms with Crippen LogP contribution in [0.25, 0.3) is 0 Å². The molecule has 4 nitrogen and oxygen atoms in total. The Morgan fingerprint density at radius 1 is 1.32 bits per heavy atom. The summed E-state index contributed by atoms with van der Waals surface area (Å²) in [5.41, 5.74) is 1.06. The largest absolute Gasteiger partial charge is 0.316 e. The zero-order valence-corrected chi connectivity index (χ0v) is 12.2. The predicted molar refractivity (Wildman–Crippen MR) is 76.6 cm³/mol. The third-order valence-corrected chi connectivity index (χ3v) is 5.05. The van der Waals surface area contributed by atoms with Gasteiger partial charge in [0.1, 0.15) is 0 Å². The van der Waals surface area contributed by atoms with Gasteiger partial charge < -0.3 is 5.32 Å². The summed E-state index contributed by atoms with van der Waals surface area (Å²) in [6.45, 7) is 4.56. The molecular formula is C14H22N2O2S. The summed E-state index contributed by atoms with van der Waals surface area (Å²) in [6.07, 6.45) is 3.28. The highest BCUT2D eigenvalue weighted by atomic mass is 32.2. The molecule has 1 heterocycles. The summed E-state index contributed by atoms with van der Waals surface area (Å²) in [6, 6.07) is 6.94. The van der Waals surface area contributed by atoms with E-state index in [9.17, 15) is 8.42 Å². The summed E-state index contributed by atoms with van der Waals surface area (Å²) in [5.74, 6) is 0.592. The minimum absolute atomic E-state index is 0.347. The monoisotopic (exact) mass is 282 g/mol. The Morgan fingerprint density at radius 3 is 2.68 bits per heavy atom. The molecule has 1 aliphatic rings. The molecule has 0 bridgehead atoms. The lowest BCUT2D eigenvalue weighted by molar-refractivity contribution is 0.358. The van der Waals surface area contributed by atoms with E-state index < -0.39 is 10.0 Å². The molecule has 2 N–H and O–H groups in total. The molecule has 106 valence electrons. The fraction of sp³-hybridized carbons (Fsp3) is 0.571. The predicted octanol–water partition coefficient (Wildman–Crippen LogP) is 1.66. The fourth-order valence-electron chi connectivity index (χ4n) is 2.37. The van der Waals surface area contributed by atoms with Crippen LogP contribution in [-0.2, 0) is 10.0 Å². The molecule has 1 atom stereocenters. The summed E-state index contributed by atoms with van der Waals surface area (Å²) in [5, 5.41) is 3.34. The van der Waals surface area contributed by atoms with E-state index in [0.717, 1.165) is 25.1 Å². The SMILES string of the molecule is Cc1ccc(S(=O)(=O)NCCC2CCCNC2)cc1. The zero-order chi connectivity index (χ0) is 13.7. The first-order valence-electron chi connectivity index (χ1n) is 6.85. The number of piperidine rings is 1. The van der Waals surface area contributed by atoms with Crippen molar-refractivity contribution in [3.63, 3.8) is 0 Å². The van der Waals surface area contributed by atoms with Crippen LogP contribution in [-0.4, -0.2) is 28.1 Å². The lowest BCUT2D eigenvalue weighted by Gasteiger charge is -2.22. The number of hydrogen-bond acceptors (Lipinski definition) is 3. The van der Waals surface area contributed by atoms with Crippen molar-refractivity contribution < 1.29 is 8.42 Å². The molecule has 1 unspecified atom stereocenters. The highest BCUT2D eigenvalue weighted by Crippen LogP contribution is 2.14. The van der Waals surface area contributed by atoms with Gasteiger partial charge in [-0.1, -0.05) is 17.7 Å². The molecule has 0 aliphatic carbocycles. The summed E-state index contributed by atoms with van der Waals surface area (Å²) < 4.78 is 26.8. The Labute approximate surface area is 115 Å². The first kappa shape index (κ1) is 14.5. The number of aryl methyl sites for hydroxylation is 1. The molecule has 0 aromatic heterocycles. The van der Waals surface area contributed by atoms with Crippen LogP contribution in [0, 0.1) is 12.8 Å². The van der Waals surface area contributed by atoms with E-state index in [1.54, 1.807) is 12.1 Å². The van der Waals surface area contributed by atoms with Crippen molar-refractivity contribution in [3.05, 3.63) is 29.8 Å². The van der Waals surface area contributed by atoms with E-state index in [0.29, 0.717) is 17.4 Å². The topological polar surface area (TPSA) is 58.2 Å². The average Bonchev–Trinajstić information content (AvgIpc) is 2.40. The smallest absolute Gasteiger partial charge is 0.240 e. The summed E-state index contributed by atoms with van der Waals surface area (Å²) >= 11 is 0. The second-order valence-electron chi connectivity index (χ2n) is 5.21. The summed E-state index contributed by atoms with van der Waals surface area (Å²) in [7, 11) is -3.35. The standard InChI is InChI=1S/C14H22N2O2S/c1-12-4-6-14(7-5-12)19(17,18)16-10-8-13-3-2-9-15-11-13/h4-7,13,15-16H,2-3,8-11H2,1H3. The molecule has 1 aromatic carbocycles. The highest BCUT2D eigenvalue weighted by molar-refractivity contribution is 7.89. The van der Waals surface area contributed by atoms with Gasteiger partial charge >= 0.3 is 0 Å². The van der Waals surface area contributed by atoms with Crippen LogP contribution in [0.4, 0.5) is 0 Å². The van der Waals surface area contributed by atoms with Crippen LogP contribution in [0.3, 0.4) is 0 Å². The van der Waals surface area contributed by atoms with E-state index in [1.807, 2.05) is 19.1 Å². The molecule has 1 aliphatic heterocycles. The summed E-state index contributed by atoms with van der Waals surface area (Å²) in [4.78, 5) is 0.347. The zero-order valence-electron chi connectivity index (χ0n) is 11.4. The van der Waals surface area contributed by atoms with Crippen molar-refractivity contribution in [2.24, 2.45) is 5.92 Å².